The fraction of sp³-hybridized carbons (Fsp3) is 0.318. The van der Waals surface area contributed by atoms with Crippen molar-refractivity contribution in [2.24, 2.45) is 0 Å². The van der Waals surface area contributed by atoms with E-state index in [0.717, 1.165) is 22.9 Å². The van der Waals surface area contributed by atoms with Crippen LogP contribution >= 0.6 is 28.1 Å². The molecule has 29 heavy (non-hydrogen) atoms. The van der Waals surface area contributed by atoms with Gasteiger partial charge in [0, 0.05) is 18.7 Å². The van der Waals surface area contributed by atoms with Crippen LogP contribution in [0.5, 0.6) is 5.75 Å². The van der Waals surface area contributed by atoms with Crippen molar-refractivity contribution in [1.29, 1.82) is 5.26 Å². The highest BCUT2D eigenvalue weighted by atomic mass is 79.9. The van der Waals surface area contributed by atoms with Crippen molar-refractivity contribution < 1.29 is 9.53 Å². The van der Waals surface area contributed by atoms with E-state index in [-0.39, 0.29) is 5.91 Å². The molecule has 0 aliphatic carbocycles. The second-order valence-electron chi connectivity index (χ2n) is 6.42. The Kier molecular flexibility index (Phi) is 9.62. The summed E-state index contributed by atoms with van der Waals surface area (Å²) in [6.07, 6.45) is 2.35. The summed E-state index contributed by atoms with van der Waals surface area (Å²) in [7, 11) is 0. The van der Waals surface area contributed by atoms with Crippen molar-refractivity contribution in [2.45, 2.75) is 32.7 Å². The summed E-state index contributed by atoms with van der Waals surface area (Å²) >= 11 is 8.90. The molecule has 7 heteroatoms. The van der Waals surface area contributed by atoms with Gasteiger partial charge >= 0.3 is 0 Å². The molecule has 2 aromatic carbocycles. The molecule has 0 aliphatic rings. The zero-order valence-electron chi connectivity index (χ0n) is 16.4. The van der Waals surface area contributed by atoms with Gasteiger partial charge in [0.25, 0.3) is 5.91 Å². The Bertz CT molecular complexity index is 868. The zero-order chi connectivity index (χ0) is 21.1. The molecule has 0 saturated heterocycles. The zero-order valence-corrected chi connectivity index (χ0v) is 18.8. The van der Waals surface area contributed by atoms with Crippen LogP contribution in [0.2, 0.25) is 0 Å². The van der Waals surface area contributed by atoms with E-state index in [0.29, 0.717) is 42.5 Å². The smallest absolute Gasteiger partial charge is 0.257 e. The monoisotopic (exact) mass is 473 g/mol. The van der Waals surface area contributed by atoms with E-state index < -0.39 is 0 Å². The molecule has 152 valence electrons. The Labute approximate surface area is 185 Å². The number of unbranched alkanes of at least 4 members (excludes halogenated alkanes) is 1. The number of carbonyl (C=O) groups excluding carboxylic acids is 1. The average Bonchev–Trinajstić information content (AvgIpc) is 2.73. The van der Waals surface area contributed by atoms with Gasteiger partial charge in [-0.2, -0.15) is 5.26 Å². The van der Waals surface area contributed by atoms with Gasteiger partial charge in [-0.15, -0.1) is 0 Å². The number of nitrogens with one attached hydrogen (secondary N) is 1. The first-order valence-electron chi connectivity index (χ1n) is 9.48. The summed E-state index contributed by atoms with van der Waals surface area (Å²) in [5.74, 6) is 0.406. The van der Waals surface area contributed by atoms with Gasteiger partial charge in [0.2, 0.25) is 0 Å². The maximum Gasteiger partial charge on any atom is 0.257 e. The number of nitrogens with zero attached hydrogens (tertiary/aromatic N) is 2. The molecule has 1 amide bonds. The molecule has 2 rings (SSSR count). The lowest BCUT2D eigenvalue weighted by molar-refractivity contribution is 0.0973. The molecule has 1 N–H and O–H groups in total. The Morgan fingerprint density at radius 3 is 2.69 bits per heavy atom. The molecule has 0 bridgehead atoms. The molecule has 0 heterocycles. The van der Waals surface area contributed by atoms with E-state index >= 15 is 0 Å². The molecule has 0 atom stereocenters. The summed E-state index contributed by atoms with van der Waals surface area (Å²) in [4.78, 5) is 14.5. The highest BCUT2D eigenvalue weighted by molar-refractivity contribution is 9.10. The molecular formula is C22H24BrN3O2S. The number of halogens is 1. The van der Waals surface area contributed by atoms with Gasteiger partial charge in [-0.3, -0.25) is 10.1 Å². The summed E-state index contributed by atoms with van der Waals surface area (Å²) < 4.78 is 6.42. The average molecular weight is 474 g/mol. The molecule has 0 radical (unpaired) electrons. The van der Waals surface area contributed by atoms with Crippen LogP contribution in [0.15, 0.2) is 53.0 Å². The number of hydrogen-bond donors (Lipinski definition) is 1. The fourth-order valence-corrected chi connectivity index (χ4v) is 3.32. The van der Waals surface area contributed by atoms with Crippen LogP contribution in [0.3, 0.4) is 0 Å². The predicted molar refractivity (Wildman–Crippen MR) is 122 cm³/mol. The summed E-state index contributed by atoms with van der Waals surface area (Å²) in [6.45, 7) is 3.71. The number of benzene rings is 2. The highest BCUT2D eigenvalue weighted by Crippen LogP contribution is 2.26. The summed E-state index contributed by atoms with van der Waals surface area (Å²) in [5, 5.41) is 12.0. The summed E-state index contributed by atoms with van der Waals surface area (Å²) in [6, 6.07) is 17.1. The van der Waals surface area contributed by atoms with Gasteiger partial charge in [0.15, 0.2) is 5.11 Å². The Hall–Kier alpha value is -2.43. The standard InChI is InChI=1S/C22H24BrN3O2S/c1-2-3-14-28-20-11-10-18(15-19(20)23)21(27)25-22(29)26(13-7-12-24)16-17-8-5-4-6-9-17/h4-6,8-11,15H,2-3,7,13-14,16H2,1H3,(H,25,27,29). The first-order chi connectivity index (χ1) is 14.0. The molecular weight excluding hydrogens is 450 g/mol. The number of thiocarbonyl (C=S) groups is 1. The van der Waals surface area contributed by atoms with Crippen molar-refractivity contribution >= 4 is 39.2 Å². The SMILES string of the molecule is CCCCOc1ccc(C(=O)NC(=S)N(CCC#N)Cc2ccccc2)cc1Br. The van der Waals surface area contributed by atoms with E-state index in [1.54, 1.807) is 18.2 Å². The normalized spacial score (nSPS) is 10.1. The first-order valence-corrected chi connectivity index (χ1v) is 10.7. The number of hydrogen-bond acceptors (Lipinski definition) is 4. The van der Waals surface area contributed by atoms with Crippen LogP contribution in [0.1, 0.15) is 42.1 Å². The minimum Gasteiger partial charge on any atom is -0.492 e. The number of nitriles is 1. The van der Waals surface area contributed by atoms with Gasteiger partial charge in [-0.1, -0.05) is 43.7 Å². The van der Waals surface area contributed by atoms with Gasteiger partial charge in [-0.05, 0) is 58.3 Å². The van der Waals surface area contributed by atoms with Gasteiger partial charge in [0.1, 0.15) is 5.75 Å². The number of ether oxygens (including phenoxy) is 1. The molecule has 0 aromatic heterocycles. The van der Waals surface area contributed by atoms with Crippen LogP contribution in [-0.2, 0) is 6.54 Å². The molecule has 0 spiro atoms. The molecule has 0 aliphatic heterocycles. The van der Waals surface area contributed by atoms with Crippen LogP contribution in [0, 0.1) is 11.3 Å². The Morgan fingerprint density at radius 2 is 2.03 bits per heavy atom. The number of amides is 1. The Morgan fingerprint density at radius 1 is 1.28 bits per heavy atom. The minimum absolute atomic E-state index is 0.300. The third-order valence-corrected chi connectivity index (χ3v) is 5.15. The predicted octanol–water partition coefficient (Wildman–Crippen LogP) is 5.06. The molecule has 0 fully saturated rings. The van der Waals surface area contributed by atoms with Crippen LogP contribution in [0.4, 0.5) is 0 Å². The second kappa shape index (κ2) is 12.2. The van der Waals surface area contributed by atoms with E-state index in [1.165, 1.54) is 0 Å². The maximum absolute atomic E-state index is 12.7. The second-order valence-corrected chi connectivity index (χ2v) is 7.66. The van der Waals surface area contributed by atoms with Gasteiger partial charge in [-0.25, -0.2) is 0 Å². The first kappa shape index (κ1) is 22.9. The molecule has 2 aromatic rings. The van der Waals surface area contributed by atoms with E-state index in [4.69, 9.17) is 22.2 Å². The van der Waals surface area contributed by atoms with Crippen molar-refractivity contribution in [1.82, 2.24) is 10.2 Å². The Balaban J connectivity index is 2.03. The maximum atomic E-state index is 12.7. The van der Waals surface area contributed by atoms with Crippen LogP contribution in [0.25, 0.3) is 0 Å². The summed E-state index contributed by atoms with van der Waals surface area (Å²) in [5.41, 5.74) is 1.53. The van der Waals surface area contributed by atoms with Crippen LogP contribution < -0.4 is 10.1 Å². The number of rotatable bonds is 9. The lowest BCUT2D eigenvalue weighted by Crippen LogP contribution is -2.42. The van der Waals surface area contributed by atoms with Crippen molar-refractivity contribution in [3.63, 3.8) is 0 Å². The third-order valence-electron chi connectivity index (χ3n) is 4.17. The minimum atomic E-state index is -0.300. The largest absolute Gasteiger partial charge is 0.492 e. The van der Waals surface area contributed by atoms with Crippen molar-refractivity contribution in [3.8, 4) is 11.8 Å². The van der Waals surface area contributed by atoms with Crippen LogP contribution in [-0.4, -0.2) is 29.1 Å². The topological polar surface area (TPSA) is 65.4 Å². The quantitative estimate of drug-likeness (QED) is 0.407. The fourth-order valence-electron chi connectivity index (χ4n) is 2.58. The van der Waals surface area contributed by atoms with Gasteiger partial charge < -0.3 is 9.64 Å². The van der Waals surface area contributed by atoms with E-state index in [1.807, 2.05) is 35.2 Å². The van der Waals surface area contributed by atoms with Crippen molar-refractivity contribution in [2.75, 3.05) is 13.2 Å². The van der Waals surface area contributed by atoms with E-state index in [9.17, 15) is 4.79 Å². The van der Waals surface area contributed by atoms with Crippen molar-refractivity contribution in [3.05, 3.63) is 64.1 Å². The van der Waals surface area contributed by atoms with E-state index in [2.05, 4.69) is 34.2 Å². The molecule has 0 unspecified atom stereocenters. The molecule has 5 nitrogen and oxygen atoms in total. The third kappa shape index (κ3) is 7.48. The highest BCUT2D eigenvalue weighted by Gasteiger charge is 2.15. The lowest BCUT2D eigenvalue weighted by atomic mass is 10.2. The number of carbonyl (C=O) groups is 1. The molecule has 0 saturated carbocycles. The van der Waals surface area contributed by atoms with Gasteiger partial charge in [0.05, 0.1) is 23.6 Å². The lowest BCUT2D eigenvalue weighted by Gasteiger charge is -2.24.